The molecule has 88 valence electrons. The molecule has 16 heavy (non-hydrogen) atoms. The second-order valence-corrected chi connectivity index (χ2v) is 3.61. The van der Waals surface area contributed by atoms with Gasteiger partial charge in [0.25, 0.3) is 0 Å². The van der Waals surface area contributed by atoms with Gasteiger partial charge in [0, 0.05) is 14.1 Å². The van der Waals surface area contributed by atoms with Gasteiger partial charge in [-0.1, -0.05) is 11.6 Å². The van der Waals surface area contributed by atoms with Crippen LogP contribution in [0.25, 0.3) is 0 Å². The molecule has 0 aliphatic carbocycles. The molecule has 0 unspecified atom stereocenters. The molecule has 3 nitrogen and oxygen atoms in total. The van der Waals surface area contributed by atoms with Crippen LogP contribution < -0.4 is 4.74 Å². The van der Waals surface area contributed by atoms with Crippen LogP contribution in [0.2, 0.25) is 5.02 Å². The lowest BCUT2D eigenvalue weighted by Gasteiger charge is -2.07. The summed E-state index contributed by atoms with van der Waals surface area (Å²) in [6.07, 6.45) is 1.58. The molecular formula is C10H11ClF2N2O. The van der Waals surface area contributed by atoms with Gasteiger partial charge in [0.2, 0.25) is 0 Å². The quantitative estimate of drug-likeness (QED) is 0.604. The van der Waals surface area contributed by atoms with Gasteiger partial charge in [-0.05, 0) is 18.2 Å². The van der Waals surface area contributed by atoms with Crippen LogP contribution in [0.4, 0.5) is 14.5 Å². The minimum absolute atomic E-state index is 0.0551. The Kier molecular flexibility index (Phi) is 4.49. The Labute approximate surface area is 97.3 Å². The van der Waals surface area contributed by atoms with E-state index in [1.54, 1.807) is 17.3 Å². The van der Waals surface area contributed by atoms with E-state index in [9.17, 15) is 8.78 Å². The van der Waals surface area contributed by atoms with E-state index in [1.165, 1.54) is 12.1 Å². The van der Waals surface area contributed by atoms with Crippen molar-refractivity contribution in [3.05, 3.63) is 23.2 Å². The highest BCUT2D eigenvalue weighted by molar-refractivity contribution is 6.32. The second kappa shape index (κ2) is 5.65. The summed E-state index contributed by atoms with van der Waals surface area (Å²) in [7, 11) is 3.64. The summed E-state index contributed by atoms with van der Waals surface area (Å²) < 4.78 is 28.1. The minimum Gasteiger partial charge on any atom is -0.433 e. The topological polar surface area (TPSA) is 24.8 Å². The van der Waals surface area contributed by atoms with E-state index in [0.29, 0.717) is 5.69 Å². The van der Waals surface area contributed by atoms with Gasteiger partial charge < -0.3 is 9.64 Å². The normalized spacial score (nSPS) is 11.1. The third kappa shape index (κ3) is 4.02. The predicted molar refractivity (Wildman–Crippen MR) is 59.9 cm³/mol. The number of hydrogen-bond donors (Lipinski definition) is 0. The molecule has 0 fully saturated rings. The molecular weight excluding hydrogens is 238 g/mol. The lowest BCUT2D eigenvalue weighted by molar-refractivity contribution is -0.0497. The number of rotatable bonds is 4. The Hall–Kier alpha value is -1.36. The van der Waals surface area contributed by atoms with Gasteiger partial charge in [-0.25, -0.2) is 4.99 Å². The number of ether oxygens (including phenoxy) is 1. The number of halogens is 3. The minimum atomic E-state index is -2.88. The molecule has 1 aromatic rings. The molecule has 0 saturated heterocycles. The van der Waals surface area contributed by atoms with E-state index in [4.69, 9.17) is 11.6 Å². The number of alkyl halides is 2. The molecule has 0 amide bonds. The maximum absolute atomic E-state index is 11.9. The number of hydrogen-bond acceptors (Lipinski definition) is 2. The maximum atomic E-state index is 11.9. The maximum Gasteiger partial charge on any atom is 0.387 e. The molecule has 0 N–H and O–H groups in total. The SMILES string of the molecule is CN(C)C=Nc1ccc(OC(F)F)c(Cl)c1. The van der Waals surface area contributed by atoms with Crippen LogP contribution in [0.1, 0.15) is 0 Å². The van der Waals surface area contributed by atoms with Gasteiger partial charge in [-0.3, -0.25) is 0 Å². The van der Waals surface area contributed by atoms with Crippen LogP contribution in [0, 0.1) is 0 Å². The van der Waals surface area contributed by atoms with E-state index in [-0.39, 0.29) is 10.8 Å². The number of benzene rings is 1. The largest absolute Gasteiger partial charge is 0.433 e. The van der Waals surface area contributed by atoms with Crippen LogP contribution >= 0.6 is 11.6 Å². The summed E-state index contributed by atoms with van der Waals surface area (Å²) in [5, 5.41) is 0.105. The molecule has 0 saturated carbocycles. The highest BCUT2D eigenvalue weighted by atomic mass is 35.5. The van der Waals surface area contributed by atoms with Crippen molar-refractivity contribution in [2.45, 2.75) is 6.61 Å². The van der Waals surface area contributed by atoms with Crippen LogP contribution in [-0.2, 0) is 0 Å². The molecule has 0 heterocycles. The molecule has 0 bridgehead atoms. The first-order chi connectivity index (χ1) is 7.49. The smallest absolute Gasteiger partial charge is 0.387 e. The Morgan fingerprint density at radius 1 is 1.44 bits per heavy atom. The van der Waals surface area contributed by atoms with E-state index in [1.807, 2.05) is 14.1 Å². The van der Waals surface area contributed by atoms with Crippen LogP contribution in [0.15, 0.2) is 23.2 Å². The van der Waals surface area contributed by atoms with Gasteiger partial charge in [0.05, 0.1) is 17.0 Å². The fourth-order valence-corrected chi connectivity index (χ4v) is 1.16. The van der Waals surface area contributed by atoms with Crippen LogP contribution in [0.3, 0.4) is 0 Å². The third-order valence-corrected chi connectivity index (χ3v) is 1.86. The van der Waals surface area contributed by atoms with Gasteiger partial charge in [0.15, 0.2) is 0 Å². The fourth-order valence-electron chi connectivity index (χ4n) is 0.944. The lowest BCUT2D eigenvalue weighted by atomic mass is 10.3. The number of aliphatic imine (C=N–C) groups is 1. The van der Waals surface area contributed by atoms with E-state index >= 15 is 0 Å². The summed E-state index contributed by atoms with van der Waals surface area (Å²) in [6.45, 7) is -2.88. The van der Waals surface area contributed by atoms with Crippen molar-refractivity contribution >= 4 is 23.6 Å². The van der Waals surface area contributed by atoms with Crippen molar-refractivity contribution in [3.8, 4) is 5.75 Å². The highest BCUT2D eigenvalue weighted by Gasteiger charge is 2.08. The van der Waals surface area contributed by atoms with Crippen LogP contribution in [0.5, 0.6) is 5.75 Å². The molecule has 6 heteroatoms. The Morgan fingerprint density at radius 3 is 2.62 bits per heavy atom. The molecule has 0 spiro atoms. The Bertz CT molecular complexity index is 383. The first-order valence-electron chi connectivity index (χ1n) is 4.44. The van der Waals surface area contributed by atoms with Crippen LogP contribution in [-0.4, -0.2) is 31.9 Å². The van der Waals surface area contributed by atoms with Crippen molar-refractivity contribution in [1.29, 1.82) is 0 Å². The second-order valence-electron chi connectivity index (χ2n) is 3.20. The fraction of sp³-hybridized carbons (Fsp3) is 0.300. The van der Waals surface area contributed by atoms with Crippen molar-refractivity contribution in [2.75, 3.05) is 14.1 Å². The average molecular weight is 249 g/mol. The van der Waals surface area contributed by atoms with Gasteiger partial charge in [-0.15, -0.1) is 0 Å². The summed E-state index contributed by atoms with van der Waals surface area (Å²) >= 11 is 5.74. The molecule has 0 aromatic heterocycles. The molecule has 0 aliphatic heterocycles. The van der Waals surface area contributed by atoms with Crippen molar-refractivity contribution in [1.82, 2.24) is 4.90 Å². The van der Waals surface area contributed by atoms with Gasteiger partial charge >= 0.3 is 6.61 Å². The van der Waals surface area contributed by atoms with Crippen molar-refractivity contribution < 1.29 is 13.5 Å². The molecule has 0 atom stereocenters. The zero-order valence-electron chi connectivity index (χ0n) is 8.82. The van der Waals surface area contributed by atoms with E-state index in [2.05, 4.69) is 9.73 Å². The first kappa shape index (κ1) is 12.7. The summed E-state index contributed by atoms with van der Waals surface area (Å²) in [6, 6.07) is 4.36. The van der Waals surface area contributed by atoms with E-state index < -0.39 is 6.61 Å². The van der Waals surface area contributed by atoms with E-state index in [0.717, 1.165) is 0 Å². The first-order valence-corrected chi connectivity index (χ1v) is 4.82. The monoisotopic (exact) mass is 248 g/mol. The molecule has 1 aromatic carbocycles. The Balaban J connectivity index is 2.82. The standard InChI is InChI=1S/C10H11ClF2N2O/c1-15(2)6-14-7-3-4-9(8(11)5-7)16-10(12)13/h3-6,10H,1-2H3. The molecule has 1 rings (SSSR count). The molecule has 0 aliphatic rings. The third-order valence-electron chi connectivity index (χ3n) is 1.57. The van der Waals surface area contributed by atoms with Crippen molar-refractivity contribution in [2.24, 2.45) is 4.99 Å². The highest BCUT2D eigenvalue weighted by Crippen LogP contribution is 2.29. The lowest BCUT2D eigenvalue weighted by Crippen LogP contribution is -2.07. The van der Waals surface area contributed by atoms with Crippen molar-refractivity contribution in [3.63, 3.8) is 0 Å². The average Bonchev–Trinajstić information content (AvgIpc) is 2.18. The molecule has 0 radical (unpaired) electrons. The predicted octanol–water partition coefficient (Wildman–Crippen LogP) is 3.16. The summed E-state index contributed by atoms with van der Waals surface area (Å²) in [5.41, 5.74) is 0.570. The Morgan fingerprint density at radius 2 is 2.12 bits per heavy atom. The van der Waals surface area contributed by atoms with Gasteiger partial charge in [0.1, 0.15) is 5.75 Å². The zero-order chi connectivity index (χ0) is 12.1. The summed E-state index contributed by atoms with van der Waals surface area (Å²) in [5.74, 6) is -0.0551. The zero-order valence-corrected chi connectivity index (χ0v) is 9.58. The van der Waals surface area contributed by atoms with Gasteiger partial charge in [-0.2, -0.15) is 8.78 Å². The number of nitrogens with zero attached hydrogens (tertiary/aromatic N) is 2. The summed E-state index contributed by atoms with van der Waals surface area (Å²) in [4.78, 5) is 5.81.